The van der Waals surface area contributed by atoms with E-state index in [0.717, 1.165) is 0 Å². The zero-order valence-corrected chi connectivity index (χ0v) is 13.3. The Hall–Kier alpha value is -1.96. The van der Waals surface area contributed by atoms with Gasteiger partial charge in [-0.1, -0.05) is 0 Å². The fourth-order valence-electron chi connectivity index (χ4n) is 1.74. The van der Waals surface area contributed by atoms with Gasteiger partial charge in [0.1, 0.15) is 5.04 Å². The van der Waals surface area contributed by atoms with E-state index in [4.69, 9.17) is 21.4 Å². The predicted octanol–water partition coefficient (Wildman–Crippen LogP) is 3.05. The van der Waals surface area contributed by atoms with E-state index in [1.165, 1.54) is 6.20 Å². The molecule has 2 aromatic rings. The molecule has 9 heteroatoms. The van der Waals surface area contributed by atoms with Crippen molar-refractivity contribution < 1.29 is 4.79 Å². The highest BCUT2D eigenvalue weighted by Crippen LogP contribution is 2.63. The third-order valence-electron chi connectivity index (χ3n) is 2.79. The Bertz CT molecular complexity index is 765. The molecule has 3 rings (SSSR count). The lowest BCUT2D eigenvalue weighted by atomic mass is 10.3. The van der Waals surface area contributed by atoms with Gasteiger partial charge in [-0.15, -0.1) is 10.2 Å². The lowest BCUT2D eigenvalue weighted by Crippen LogP contribution is -2.31. The molecule has 0 aromatic carbocycles. The number of hydrogen-bond donors (Lipinski definition) is 1. The Morgan fingerprint density at radius 1 is 1.05 bits per heavy atom. The number of nitrogens with one attached hydrogen (secondary N) is 1. The summed E-state index contributed by atoms with van der Waals surface area (Å²) in [7, 11) is 10.3. The number of rotatable bonds is 2. The fraction of sp³-hybridized carbons (Fsp3) is 0. The molecule has 1 aliphatic rings. The van der Waals surface area contributed by atoms with Gasteiger partial charge >= 0.3 is 0 Å². The molecule has 1 N–H and O–H groups in total. The maximum atomic E-state index is 12.1. The van der Waals surface area contributed by atoms with Crippen LogP contribution in [0.4, 0.5) is 0 Å². The van der Waals surface area contributed by atoms with Gasteiger partial charge in [0.2, 0.25) is 5.17 Å². The molecule has 0 fully saturated rings. The molecule has 0 saturated heterocycles. The molecule has 0 bridgehead atoms. The molecule has 0 aliphatic carbocycles. The molecule has 0 unspecified atom stereocenters. The van der Waals surface area contributed by atoms with E-state index in [2.05, 4.69) is 25.5 Å². The van der Waals surface area contributed by atoms with Gasteiger partial charge in [-0.3, -0.25) is 20.1 Å². The Labute approximate surface area is 136 Å². The van der Waals surface area contributed by atoms with Crippen LogP contribution in [0.25, 0.3) is 0 Å². The number of amidine groups is 1. The molecule has 0 radical (unpaired) electrons. The number of pyridine rings is 2. The van der Waals surface area contributed by atoms with Gasteiger partial charge < -0.3 is 0 Å². The predicted molar refractivity (Wildman–Crippen MR) is 89.2 cm³/mol. The zero-order valence-electron chi connectivity index (χ0n) is 11.0. The first-order valence-electron chi connectivity index (χ1n) is 6.09. The number of halogens is 2. The quantitative estimate of drug-likeness (QED) is 0.900. The Morgan fingerprint density at radius 2 is 1.82 bits per heavy atom. The summed E-state index contributed by atoms with van der Waals surface area (Å²) in [6, 6.07) is 6.74. The van der Waals surface area contributed by atoms with Gasteiger partial charge in [0, 0.05) is 38.8 Å². The van der Waals surface area contributed by atoms with Crippen LogP contribution in [0.3, 0.4) is 0 Å². The third kappa shape index (κ3) is 2.83. The Morgan fingerprint density at radius 3 is 2.50 bits per heavy atom. The topological polar surface area (TPSA) is 79.6 Å². The van der Waals surface area contributed by atoms with Crippen LogP contribution in [0.15, 0.2) is 59.3 Å². The highest BCUT2D eigenvalue weighted by atomic mass is 36.0. The van der Waals surface area contributed by atoms with E-state index >= 15 is 0 Å². The summed E-state index contributed by atoms with van der Waals surface area (Å²) in [5.41, 5.74) is 1.09. The van der Waals surface area contributed by atoms with Gasteiger partial charge in [-0.25, -0.2) is 0 Å². The van der Waals surface area contributed by atoms with Crippen LogP contribution in [0, 0.1) is 0 Å². The van der Waals surface area contributed by atoms with Crippen LogP contribution < -0.4 is 5.32 Å². The highest BCUT2D eigenvalue weighted by molar-refractivity contribution is 8.83. The lowest BCUT2D eigenvalue weighted by Gasteiger charge is -2.22. The van der Waals surface area contributed by atoms with E-state index in [9.17, 15) is 4.79 Å². The average Bonchev–Trinajstić information content (AvgIpc) is 2.84. The minimum atomic E-state index is -2.52. The Kier molecular flexibility index (Phi) is 4.10. The average molecular weight is 354 g/mol. The highest BCUT2D eigenvalue weighted by Gasteiger charge is 2.38. The standard InChI is InChI=1S/C13H9Cl2N5OS/c14-22(15)12(9-3-6-16-7-4-9)19-20-13(22)18-11(21)10-2-1-5-17-8-10/h1-8H,(H,18,20,21). The number of amides is 1. The zero-order chi connectivity index (χ0) is 15.6. The molecule has 3 heterocycles. The second-order valence-electron chi connectivity index (χ2n) is 4.21. The van der Waals surface area contributed by atoms with Crippen molar-refractivity contribution in [2.45, 2.75) is 0 Å². The van der Waals surface area contributed by atoms with Crippen molar-refractivity contribution in [1.29, 1.82) is 0 Å². The maximum Gasteiger partial charge on any atom is 0.258 e. The normalized spacial score (nSPS) is 17.4. The smallest absolute Gasteiger partial charge is 0.258 e. The van der Waals surface area contributed by atoms with Crippen molar-refractivity contribution in [2.75, 3.05) is 0 Å². The van der Waals surface area contributed by atoms with Crippen molar-refractivity contribution in [2.24, 2.45) is 10.2 Å². The van der Waals surface area contributed by atoms with Crippen molar-refractivity contribution in [1.82, 2.24) is 15.3 Å². The molecular formula is C13H9Cl2N5OS. The molecule has 112 valence electrons. The Balaban J connectivity index is 1.79. The number of nitrogens with zero attached hydrogens (tertiary/aromatic N) is 4. The van der Waals surface area contributed by atoms with Gasteiger partial charge in [0.25, 0.3) is 5.91 Å². The van der Waals surface area contributed by atoms with Crippen LogP contribution in [-0.4, -0.2) is 26.1 Å². The molecule has 2 aromatic heterocycles. The van der Waals surface area contributed by atoms with Crippen molar-refractivity contribution >= 4 is 45.9 Å². The number of aromatic nitrogens is 2. The first-order chi connectivity index (χ1) is 10.6. The minimum absolute atomic E-state index is 0.136. The summed E-state index contributed by atoms with van der Waals surface area (Å²) in [5.74, 6) is -0.392. The molecule has 6 nitrogen and oxygen atoms in total. The number of carbonyl (C=O) groups excluding carboxylic acids is 1. The molecule has 22 heavy (non-hydrogen) atoms. The van der Waals surface area contributed by atoms with Gasteiger partial charge in [-0.05, 0) is 45.6 Å². The van der Waals surface area contributed by atoms with E-state index in [-0.39, 0.29) is 5.17 Å². The monoisotopic (exact) mass is 353 g/mol. The summed E-state index contributed by atoms with van der Waals surface area (Å²) in [5, 5.41) is 11.1. The van der Waals surface area contributed by atoms with Gasteiger partial charge in [0.15, 0.2) is 0 Å². The molecule has 0 spiro atoms. The van der Waals surface area contributed by atoms with Crippen LogP contribution in [0.1, 0.15) is 15.9 Å². The van der Waals surface area contributed by atoms with E-state index in [0.29, 0.717) is 16.2 Å². The number of hydrogen-bond acceptors (Lipinski definition) is 5. The van der Waals surface area contributed by atoms with Crippen LogP contribution in [-0.2, 0) is 0 Å². The molecule has 1 amide bonds. The molecule has 1 aliphatic heterocycles. The first kappa shape index (κ1) is 15.0. The van der Waals surface area contributed by atoms with E-state index in [1.807, 2.05) is 0 Å². The second-order valence-corrected chi connectivity index (χ2v) is 9.17. The third-order valence-corrected chi connectivity index (χ3v) is 6.02. The van der Waals surface area contributed by atoms with Gasteiger partial charge in [0.05, 0.1) is 5.56 Å². The van der Waals surface area contributed by atoms with Crippen molar-refractivity contribution in [3.05, 3.63) is 60.2 Å². The van der Waals surface area contributed by atoms with Crippen LogP contribution in [0.5, 0.6) is 0 Å². The van der Waals surface area contributed by atoms with Crippen molar-refractivity contribution in [3.63, 3.8) is 0 Å². The minimum Gasteiger partial charge on any atom is -0.299 e. The second kappa shape index (κ2) is 6.04. The summed E-state index contributed by atoms with van der Waals surface area (Å²) >= 11 is 0. The summed E-state index contributed by atoms with van der Waals surface area (Å²) < 4.78 is 0. The van der Waals surface area contributed by atoms with Crippen LogP contribution >= 0.6 is 29.8 Å². The molecule has 0 atom stereocenters. The first-order valence-corrected chi connectivity index (χ1v) is 9.37. The van der Waals surface area contributed by atoms with E-state index < -0.39 is 14.4 Å². The number of carbonyl (C=O) groups is 1. The summed E-state index contributed by atoms with van der Waals surface area (Å²) in [6.45, 7) is 0. The van der Waals surface area contributed by atoms with E-state index in [1.54, 1.807) is 42.9 Å². The SMILES string of the molecule is O=C(NC1=NN=C(c2ccncc2)S1(Cl)Cl)c1cccnc1. The molecular weight excluding hydrogens is 345 g/mol. The fourth-order valence-corrected chi connectivity index (χ4v) is 4.00. The summed E-state index contributed by atoms with van der Waals surface area (Å²) in [4.78, 5) is 19.9. The van der Waals surface area contributed by atoms with Crippen molar-refractivity contribution in [3.8, 4) is 0 Å². The lowest BCUT2D eigenvalue weighted by molar-refractivity contribution is 0.0977. The van der Waals surface area contributed by atoms with Crippen LogP contribution in [0.2, 0.25) is 0 Å². The maximum absolute atomic E-state index is 12.1. The van der Waals surface area contributed by atoms with Gasteiger partial charge in [-0.2, -0.15) is 0 Å². The summed E-state index contributed by atoms with van der Waals surface area (Å²) in [6.07, 6.45) is 6.23. The largest absolute Gasteiger partial charge is 0.299 e. The molecule has 0 saturated carbocycles.